The van der Waals surface area contributed by atoms with E-state index < -0.39 is 6.04 Å². The molecule has 1 saturated heterocycles. The first kappa shape index (κ1) is 25.9. The minimum atomic E-state index is -0.751. The maximum atomic E-state index is 13.7. The van der Waals surface area contributed by atoms with Crippen molar-refractivity contribution >= 4 is 23.4 Å². The maximum absolute atomic E-state index is 13.7. The van der Waals surface area contributed by atoms with Crippen LogP contribution in [0, 0.1) is 5.82 Å². The van der Waals surface area contributed by atoms with Crippen molar-refractivity contribution in [3.8, 4) is 0 Å². The standard InChI is InChI=1S/C29H30ClFN2O3/c30-24-12-8-22(9-13-24)18-28(34)33(20-23-10-14-25(31)15-11-23)27(17-21-5-2-1-3-6-21)29(35)32-19-26-7-4-16-36-26/h1-3,5-6,8-15,26-27H,4,7,16-20H2,(H,32,35). The highest BCUT2D eigenvalue weighted by Crippen LogP contribution is 2.18. The summed E-state index contributed by atoms with van der Waals surface area (Å²) in [6.07, 6.45) is 2.33. The third-order valence-electron chi connectivity index (χ3n) is 6.33. The Labute approximate surface area is 216 Å². The van der Waals surface area contributed by atoms with Crippen LogP contribution < -0.4 is 5.32 Å². The molecule has 36 heavy (non-hydrogen) atoms. The summed E-state index contributed by atoms with van der Waals surface area (Å²) in [4.78, 5) is 28.8. The number of carbonyl (C=O) groups is 2. The topological polar surface area (TPSA) is 58.6 Å². The van der Waals surface area contributed by atoms with Crippen molar-refractivity contribution in [2.75, 3.05) is 13.2 Å². The molecule has 4 rings (SSSR count). The molecule has 3 aromatic rings. The summed E-state index contributed by atoms with van der Waals surface area (Å²) in [7, 11) is 0. The van der Waals surface area contributed by atoms with Gasteiger partial charge in [-0.3, -0.25) is 9.59 Å². The summed E-state index contributed by atoms with van der Waals surface area (Å²) >= 11 is 6.01. The summed E-state index contributed by atoms with van der Waals surface area (Å²) < 4.78 is 19.2. The summed E-state index contributed by atoms with van der Waals surface area (Å²) in [5.74, 6) is -0.788. The van der Waals surface area contributed by atoms with Gasteiger partial charge in [0.05, 0.1) is 12.5 Å². The molecule has 0 radical (unpaired) electrons. The van der Waals surface area contributed by atoms with Gasteiger partial charge in [0.15, 0.2) is 0 Å². The average molecular weight is 509 g/mol. The highest BCUT2D eigenvalue weighted by molar-refractivity contribution is 6.30. The molecule has 0 saturated carbocycles. The van der Waals surface area contributed by atoms with E-state index in [1.807, 2.05) is 30.3 Å². The number of hydrogen-bond acceptors (Lipinski definition) is 3. The Morgan fingerprint density at radius 2 is 1.67 bits per heavy atom. The molecular weight excluding hydrogens is 479 g/mol. The Balaban J connectivity index is 1.61. The van der Waals surface area contributed by atoms with E-state index in [1.165, 1.54) is 12.1 Å². The number of halogens is 2. The van der Waals surface area contributed by atoms with Gasteiger partial charge in [-0.05, 0) is 53.8 Å². The number of rotatable bonds is 10. The molecule has 1 aliphatic heterocycles. The highest BCUT2D eigenvalue weighted by Gasteiger charge is 2.31. The van der Waals surface area contributed by atoms with E-state index in [0.29, 0.717) is 24.6 Å². The fourth-order valence-corrected chi connectivity index (χ4v) is 4.48. The van der Waals surface area contributed by atoms with Gasteiger partial charge in [-0.25, -0.2) is 4.39 Å². The van der Waals surface area contributed by atoms with Gasteiger partial charge >= 0.3 is 0 Å². The summed E-state index contributed by atoms with van der Waals surface area (Å²) in [5.41, 5.74) is 2.48. The molecule has 2 amide bonds. The summed E-state index contributed by atoms with van der Waals surface area (Å²) in [6, 6.07) is 22.0. The molecule has 0 spiro atoms. The number of ether oxygens (including phenoxy) is 1. The number of benzene rings is 3. The van der Waals surface area contributed by atoms with Crippen molar-refractivity contribution in [3.63, 3.8) is 0 Å². The molecule has 1 N–H and O–H groups in total. The molecule has 2 unspecified atom stereocenters. The number of nitrogens with zero attached hydrogens (tertiary/aromatic N) is 1. The molecule has 188 valence electrons. The second-order valence-corrected chi connectivity index (χ2v) is 9.47. The Kier molecular flexibility index (Phi) is 9.09. The predicted molar refractivity (Wildman–Crippen MR) is 138 cm³/mol. The van der Waals surface area contributed by atoms with E-state index in [1.54, 1.807) is 41.3 Å². The quantitative estimate of drug-likeness (QED) is 0.421. The van der Waals surface area contributed by atoms with Gasteiger partial charge in [-0.2, -0.15) is 0 Å². The molecule has 1 aliphatic rings. The zero-order valence-corrected chi connectivity index (χ0v) is 20.8. The number of carbonyl (C=O) groups excluding carboxylic acids is 2. The lowest BCUT2D eigenvalue weighted by Crippen LogP contribution is -2.52. The fraction of sp³-hybridized carbons (Fsp3) is 0.310. The molecule has 5 nitrogen and oxygen atoms in total. The van der Waals surface area contributed by atoms with Crippen LogP contribution in [-0.2, 0) is 33.7 Å². The maximum Gasteiger partial charge on any atom is 0.243 e. The molecule has 7 heteroatoms. The van der Waals surface area contributed by atoms with Crippen molar-refractivity contribution < 1.29 is 18.7 Å². The largest absolute Gasteiger partial charge is 0.376 e. The van der Waals surface area contributed by atoms with E-state index in [4.69, 9.17) is 16.3 Å². The Morgan fingerprint density at radius 3 is 2.33 bits per heavy atom. The SMILES string of the molecule is O=C(NCC1CCCO1)C(Cc1ccccc1)N(Cc1ccc(F)cc1)C(=O)Cc1ccc(Cl)cc1. The second kappa shape index (κ2) is 12.7. The number of amides is 2. The van der Waals surface area contributed by atoms with Crippen LogP contribution in [0.1, 0.15) is 29.5 Å². The van der Waals surface area contributed by atoms with Gasteiger partial charge in [0.25, 0.3) is 0 Å². The van der Waals surface area contributed by atoms with Gasteiger partial charge < -0.3 is 15.0 Å². The van der Waals surface area contributed by atoms with Crippen LogP contribution in [0.3, 0.4) is 0 Å². The normalized spacial score (nSPS) is 15.9. The van der Waals surface area contributed by atoms with Crippen molar-refractivity contribution in [2.24, 2.45) is 0 Å². The van der Waals surface area contributed by atoms with Crippen molar-refractivity contribution in [3.05, 3.63) is 106 Å². The minimum absolute atomic E-state index is 0.0124. The van der Waals surface area contributed by atoms with Crippen molar-refractivity contribution in [1.82, 2.24) is 10.2 Å². The van der Waals surface area contributed by atoms with Crippen LogP contribution in [0.2, 0.25) is 5.02 Å². The lowest BCUT2D eigenvalue weighted by atomic mass is 10.0. The molecule has 1 fully saturated rings. The van der Waals surface area contributed by atoms with Crippen molar-refractivity contribution in [2.45, 2.75) is 44.4 Å². The van der Waals surface area contributed by atoms with Crippen molar-refractivity contribution in [1.29, 1.82) is 0 Å². The lowest BCUT2D eigenvalue weighted by Gasteiger charge is -2.32. The zero-order valence-electron chi connectivity index (χ0n) is 20.0. The smallest absolute Gasteiger partial charge is 0.243 e. The lowest BCUT2D eigenvalue weighted by molar-refractivity contribution is -0.141. The monoisotopic (exact) mass is 508 g/mol. The number of hydrogen-bond donors (Lipinski definition) is 1. The Hall–Kier alpha value is -3.22. The Bertz CT molecular complexity index is 1130. The van der Waals surface area contributed by atoms with Crippen LogP contribution in [-0.4, -0.2) is 42.0 Å². The fourth-order valence-electron chi connectivity index (χ4n) is 4.36. The molecule has 3 aromatic carbocycles. The summed E-state index contributed by atoms with van der Waals surface area (Å²) in [6.45, 7) is 1.28. The van der Waals surface area contributed by atoms with Crippen LogP contribution in [0.5, 0.6) is 0 Å². The summed E-state index contributed by atoms with van der Waals surface area (Å²) in [5, 5.41) is 3.60. The van der Waals surface area contributed by atoms with Crippen LogP contribution in [0.15, 0.2) is 78.9 Å². The molecule has 0 bridgehead atoms. The van der Waals surface area contributed by atoms with Crippen LogP contribution in [0.25, 0.3) is 0 Å². The molecular formula is C29H30ClFN2O3. The van der Waals surface area contributed by atoms with Gasteiger partial charge in [0, 0.05) is 31.1 Å². The first-order valence-electron chi connectivity index (χ1n) is 12.2. The second-order valence-electron chi connectivity index (χ2n) is 9.04. The zero-order chi connectivity index (χ0) is 25.3. The van der Waals surface area contributed by atoms with Gasteiger partial charge in [-0.15, -0.1) is 0 Å². The molecule has 1 heterocycles. The van der Waals surface area contributed by atoms with E-state index in [-0.39, 0.29) is 36.7 Å². The van der Waals surface area contributed by atoms with E-state index >= 15 is 0 Å². The van der Waals surface area contributed by atoms with E-state index in [0.717, 1.165) is 29.5 Å². The van der Waals surface area contributed by atoms with Gasteiger partial charge in [-0.1, -0.05) is 66.2 Å². The third-order valence-corrected chi connectivity index (χ3v) is 6.59. The molecule has 2 atom stereocenters. The molecule has 0 aromatic heterocycles. The first-order chi connectivity index (χ1) is 17.5. The first-order valence-corrected chi connectivity index (χ1v) is 12.6. The predicted octanol–water partition coefficient (Wildman–Crippen LogP) is 4.96. The van der Waals surface area contributed by atoms with E-state index in [2.05, 4.69) is 5.32 Å². The minimum Gasteiger partial charge on any atom is -0.376 e. The van der Waals surface area contributed by atoms with E-state index in [9.17, 15) is 14.0 Å². The third kappa shape index (κ3) is 7.39. The Morgan fingerprint density at radius 1 is 0.972 bits per heavy atom. The highest BCUT2D eigenvalue weighted by atomic mass is 35.5. The van der Waals surface area contributed by atoms with Gasteiger partial charge in [0.1, 0.15) is 11.9 Å². The average Bonchev–Trinajstić information content (AvgIpc) is 3.41. The molecule has 0 aliphatic carbocycles. The van der Waals surface area contributed by atoms with Gasteiger partial charge in [0.2, 0.25) is 11.8 Å². The number of nitrogens with one attached hydrogen (secondary N) is 1. The van der Waals surface area contributed by atoms with Crippen LogP contribution in [0.4, 0.5) is 4.39 Å². The van der Waals surface area contributed by atoms with Crippen LogP contribution >= 0.6 is 11.6 Å².